The van der Waals surface area contributed by atoms with E-state index in [1.807, 2.05) is 10.3 Å². The molecule has 0 unspecified atom stereocenters. The molecule has 7 nitrogen and oxygen atoms in total. The minimum Gasteiger partial charge on any atom is -0.366 e. The van der Waals surface area contributed by atoms with Crippen molar-refractivity contribution >= 4 is 33.8 Å². The number of nitro groups is 1. The number of hydrogen-bond donors (Lipinski definition) is 1. The Labute approximate surface area is 148 Å². The Morgan fingerprint density at radius 3 is 2.76 bits per heavy atom. The van der Waals surface area contributed by atoms with Gasteiger partial charge in [0.1, 0.15) is 5.69 Å². The molecular formula is C17H18N4O3S. The highest BCUT2D eigenvalue weighted by molar-refractivity contribution is 7.14. The number of benzene rings is 1. The van der Waals surface area contributed by atoms with E-state index in [9.17, 15) is 14.9 Å². The van der Waals surface area contributed by atoms with Gasteiger partial charge in [-0.2, -0.15) is 0 Å². The lowest BCUT2D eigenvalue weighted by molar-refractivity contribution is -0.384. The molecule has 0 spiro atoms. The zero-order chi connectivity index (χ0) is 17.4. The summed E-state index contributed by atoms with van der Waals surface area (Å²) < 4.78 is 0. The maximum absolute atomic E-state index is 12.4. The van der Waals surface area contributed by atoms with Gasteiger partial charge in [0, 0.05) is 36.0 Å². The topological polar surface area (TPSA) is 88.4 Å². The molecule has 0 radical (unpaired) electrons. The van der Waals surface area contributed by atoms with Crippen molar-refractivity contribution < 1.29 is 9.72 Å². The predicted octanol–water partition coefficient (Wildman–Crippen LogP) is 3.78. The van der Waals surface area contributed by atoms with Crippen LogP contribution in [0.15, 0.2) is 23.6 Å². The fourth-order valence-electron chi connectivity index (χ4n) is 3.12. The number of nitrogens with zero attached hydrogens (tertiary/aromatic N) is 3. The highest BCUT2D eigenvalue weighted by Gasteiger charge is 2.27. The van der Waals surface area contributed by atoms with Gasteiger partial charge < -0.3 is 4.90 Å². The molecular weight excluding hydrogens is 340 g/mol. The predicted molar refractivity (Wildman–Crippen MR) is 96.6 cm³/mol. The minimum atomic E-state index is -0.418. The van der Waals surface area contributed by atoms with Gasteiger partial charge in [0.25, 0.3) is 11.6 Å². The number of carbonyl (C=O) groups excluding carboxylic acids is 1. The molecule has 1 amide bonds. The molecule has 1 aromatic heterocycles. The molecule has 2 heterocycles. The third-order valence-corrected chi connectivity index (χ3v) is 5.40. The van der Waals surface area contributed by atoms with E-state index in [0.717, 1.165) is 44.5 Å². The second-order valence-corrected chi connectivity index (χ2v) is 7.32. The lowest BCUT2D eigenvalue weighted by Crippen LogP contribution is -2.19. The standard InChI is InChI=1S/C17H18N4O3S/c22-16(19-17-18-13(10-25-17)11-3-4-11)12-5-6-14(15(9-12)21(23)24)20-7-1-2-8-20/h5-6,9-11H,1-4,7-8H2,(H,18,19,22). The van der Waals surface area contributed by atoms with Crippen molar-refractivity contribution in [3.05, 3.63) is 45.0 Å². The van der Waals surface area contributed by atoms with Crippen molar-refractivity contribution in [1.82, 2.24) is 4.98 Å². The summed E-state index contributed by atoms with van der Waals surface area (Å²) in [4.78, 5) is 29.9. The van der Waals surface area contributed by atoms with E-state index < -0.39 is 4.92 Å². The molecule has 2 aliphatic rings. The van der Waals surface area contributed by atoms with Crippen LogP contribution in [-0.4, -0.2) is 28.9 Å². The largest absolute Gasteiger partial charge is 0.366 e. The van der Waals surface area contributed by atoms with Crippen LogP contribution in [0.2, 0.25) is 0 Å². The van der Waals surface area contributed by atoms with Crippen LogP contribution in [0.25, 0.3) is 0 Å². The average molecular weight is 358 g/mol. The van der Waals surface area contributed by atoms with Gasteiger partial charge in [0.15, 0.2) is 5.13 Å². The fourth-order valence-corrected chi connectivity index (χ4v) is 3.90. The van der Waals surface area contributed by atoms with Crippen LogP contribution < -0.4 is 10.2 Å². The number of nitro benzene ring substituents is 1. The van der Waals surface area contributed by atoms with Gasteiger partial charge in [-0.05, 0) is 37.8 Å². The van der Waals surface area contributed by atoms with Crippen molar-refractivity contribution in [3.8, 4) is 0 Å². The normalized spacial score (nSPS) is 16.9. The van der Waals surface area contributed by atoms with Crippen LogP contribution in [-0.2, 0) is 0 Å². The number of nitrogens with one attached hydrogen (secondary N) is 1. The Morgan fingerprint density at radius 2 is 2.08 bits per heavy atom. The first-order valence-corrected chi connectivity index (χ1v) is 9.30. The number of aromatic nitrogens is 1. The molecule has 1 N–H and O–H groups in total. The second kappa shape index (κ2) is 6.44. The Balaban J connectivity index is 1.54. The van der Waals surface area contributed by atoms with Gasteiger partial charge in [-0.3, -0.25) is 20.2 Å². The number of thiazole rings is 1. The summed E-state index contributed by atoms with van der Waals surface area (Å²) in [5.41, 5.74) is 1.87. The van der Waals surface area contributed by atoms with Crippen LogP contribution in [0, 0.1) is 10.1 Å². The van der Waals surface area contributed by atoms with E-state index in [1.165, 1.54) is 17.4 Å². The fraction of sp³-hybridized carbons (Fsp3) is 0.412. The average Bonchev–Trinajstić information content (AvgIpc) is 3.11. The third kappa shape index (κ3) is 3.34. The van der Waals surface area contributed by atoms with Crippen molar-refractivity contribution in [2.45, 2.75) is 31.6 Å². The van der Waals surface area contributed by atoms with Crippen molar-refractivity contribution in [2.75, 3.05) is 23.3 Å². The highest BCUT2D eigenvalue weighted by Crippen LogP contribution is 2.41. The lowest BCUT2D eigenvalue weighted by Gasteiger charge is -2.17. The molecule has 0 atom stereocenters. The van der Waals surface area contributed by atoms with E-state index in [0.29, 0.717) is 16.7 Å². The van der Waals surface area contributed by atoms with Gasteiger partial charge in [-0.1, -0.05) is 0 Å². The summed E-state index contributed by atoms with van der Waals surface area (Å²) >= 11 is 1.39. The van der Waals surface area contributed by atoms with Crippen LogP contribution >= 0.6 is 11.3 Å². The molecule has 1 aliphatic carbocycles. The van der Waals surface area contributed by atoms with Crippen molar-refractivity contribution in [2.24, 2.45) is 0 Å². The lowest BCUT2D eigenvalue weighted by atomic mass is 10.1. The molecule has 1 saturated heterocycles. The number of rotatable bonds is 5. The molecule has 2 fully saturated rings. The van der Waals surface area contributed by atoms with Gasteiger partial charge in [0.05, 0.1) is 10.6 Å². The first kappa shape index (κ1) is 16.0. The summed E-state index contributed by atoms with van der Waals surface area (Å²) in [6.07, 6.45) is 4.38. The molecule has 2 aromatic rings. The summed E-state index contributed by atoms with van der Waals surface area (Å²) in [6.45, 7) is 1.63. The van der Waals surface area contributed by atoms with Crippen LogP contribution in [0.4, 0.5) is 16.5 Å². The SMILES string of the molecule is O=C(Nc1nc(C2CC2)cs1)c1ccc(N2CCCC2)c([N+](=O)[O-])c1. The monoisotopic (exact) mass is 358 g/mol. The summed E-state index contributed by atoms with van der Waals surface area (Å²) in [5, 5.41) is 16.7. The van der Waals surface area contributed by atoms with E-state index in [-0.39, 0.29) is 17.2 Å². The Bertz CT molecular complexity index is 825. The van der Waals surface area contributed by atoms with Gasteiger partial charge in [-0.25, -0.2) is 4.98 Å². The zero-order valence-electron chi connectivity index (χ0n) is 13.6. The zero-order valence-corrected chi connectivity index (χ0v) is 14.4. The van der Waals surface area contributed by atoms with E-state index in [4.69, 9.17) is 0 Å². The summed E-state index contributed by atoms with van der Waals surface area (Å²) in [5.74, 6) is 0.163. The van der Waals surface area contributed by atoms with Gasteiger partial charge >= 0.3 is 0 Å². The minimum absolute atomic E-state index is 0.0210. The van der Waals surface area contributed by atoms with Gasteiger partial charge in [-0.15, -0.1) is 11.3 Å². The number of anilines is 2. The summed E-state index contributed by atoms with van der Waals surface area (Å²) in [7, 11) is 0. The Morgan fingerprint density at radius 1 is 1.32 bits per heavy atom. The first-order chi connectivity index (χ1) is 12.1. The molecule has 130 valence electrons. The number of carbonyl (C=O) groups is 1. The third-order valence-electron chi connectivity index (χ3n) is 4.62. The smallest absolute Gasteiger partial charge is 0.293 e. The Kier molecular flexibility index (Phi) is 4.12. The molecule has 1 saturated carbocycles. The second-order valence-electron chi connectivity index (χ2n) is 6.46. The van der Waals surface area contributed by atoms with Crippen LogP contribution in [0.3, 0.4) is 0 Å². The van der Waals surface area contributed by atoms with Gasteiger partial charge in [0.2, 0.25) is 0 Å². The van der Waals surface area contributed by atoms with Crippen LogP contribution in [0.1, 0.15) is 47.7 Å². The quantitative estimate of drug-likeness (QED) is 0.649. The molecule has 25 heavy (non-hydrogen) atoms. The molecule has 1 aromatic carbocycles. The van der Waals surface area contributed by atoms with Crippen molar-refractivity contribution in [3.63, 3.8) is 0 Å². The number of amides is 1. The maximum Gasteiger partial charge on any atom is 0.293 e. The number of hydrogen-bond acceptors (Lipinski definition) is 6. The molecule has 4 rings (SSSR count). The highest BCUT2D eigenvalue weighted by atomic mass is 32.1. The molecule has 1 aliphatic heterocycles. The maximum atomic E-state index is 12.4. The Hall–Kier alpha value is -2.48. The molecule has 8 heteroatoms. The molecule has 0 bridgehead atoms. The first-order valence-electron chi connectivity index (χ1n) is 8.42. The van der Waals surface area contributed by atoms with Crippen LogP contribution in [0.5, 0.6) is 0 Å². The van der Waals surface area contributed by atoms with E-state index >= 15 is 0 Å². The summed E-state index contributed by atoms with van der Waals surface area (Å²) in [6, 6.07) is 4.68. The van der Waals surface area contributed by atoms with E-state index in [1.54, 1.807) is 12.1 Å². The van der Waals surface area contributed by atoms with Crippen molar-refractivity contribution in [1.29, 1.82) is 0 Å². The van der Waals surface area contributed by atoms with E-state index in [2.05, 4.69) is 10.3 Å².